The molecule has 1 heterocycles. The van der Waals surface area contributed by atoms with Crippen LogP contribution in [0, 0.1) is 11.8 Å². The van der Waals surface area contributed by atoms with E-state index in [1.165, 1.54) is 18.4 Å². The first-order chi connectivity index (χ1) is 8.66. The van der Waals surface area contributed by atoms with Crippen LogP contribution in [0.25, 0.3) is 0 Å². The van der Waals surface area contributed by atoms with Gasteiger partial charge in [-0.3, -0.25) is 4.79 Å². The van der Waals surface area contributed by atoms with E-state index in [1.807, 2.05) is 26.0 Å². The van der Waals surface area contributed by atoms with Crippen molar-refractivity contribution < 1.29 is 4.79 Å². The van der Waals surface area contributed by atoms with Crippen molar-refractivity contribution in [2.75, 3.05) is 13.1 Å². The number of carbonyl (C=O) groups is 1. The molecule has 0 amide bonds. The molecular formula is C16H23NO. The molecule has 98 valence electrons. The van der Waals surface area contributed by atoms with Gasteiger partial charge < -0.3 is 5.32 Å². The second kappa shape index (κ2) is 6.14. The van der Waals surface area contributed by atoms with E-state index in [-0.39, 0.29) is 11.7 Å². The van der Waals surface area contributed by atoms with Gasteiger partial charge in [0.25, 0.3) is 0 Å². The third-order valence-corrected chi connectivity index (χ3v) is 3.75. The number of carbonyl (C=O) groups excluding carboxylic acids is 1. The molecule has 1 aromatic rings. The maximum atomic E-state index is 11.8. The average molecular weight is 245 g/mol. The minimum absolute atomic E-state index is 0.0836. The van der Waals surface area contributed by atoms with Crippen LogP contribution < -0.4 is 5.32 Å². The zero-order valence-corrected chi connectivity index (χ0v) is 11.4. The summed E-state index contributed by atoms with van der Waals surface area (Å²) in [7, 11) is 0. The van der Waals surface area contributed by atoms with Gasteiger partial charge in [0, 0.05) is 11.5 Å². The van der Waals surface area contributed by atoms with Crippen molar-refractivity contribution in [3.63, 3.8) is 0 Å². The van der Waals surface area contributed by atoms with Gasteiger partial charge in [-0.15, -0.1) is 0 Å². The van der Waals surface area contributed by atoms with Gasteiger partial charge >= 0.3 is 0 Å². The van der Waals surface area contributed by atoms with E-state index in [0.717, 1.165) is 31.0 Å². The fraction of sp³-hybridized carbons (Fsp3) is 0.562. The predicted molar refractivity (Wildman–Crippen MR) is 74.9 cm³/mol. The molecule has 0 aromatic heterocycles. The first-order valence-electron chi connectivity index (χ1n) is 7.00. The Labute approximate surface area is 110 Å². The number of hydrogen-bond donors (Lipinski definition) is 1. The van der Waals surface area contributed by atoms with Crippen LogP contribution in [0.5, 0.6) is 0 Å². The molecule has 0 bridgehead atoms. The molecule has 1 aliphatic heterocycles. The highest BCUT2D eigenvalue weighted by Gasteiger charge is 2.14. The molecule has 1 fully saturated rings. The fourth-order valence-corrected chi connectivity index (χ4v) is 2.56. The molecule has 1 aromatic carbocycles. The summed E-state index contributed by atoms with van der Waals surface area (Å²) in [6.07, 6.45) is 3.69. The average Bonchev–Trinajstić information content (AvgIpc) is 2.40. The molecule has 0 atom stereocenters. The zero-order chi connectivity index (χ0) is 13.0. The van der Waals surface area contributed by atoms with E-state index in [2.05, 4.69) is 17.4 Å². The number of benzene rings is 1. The summed E-state index contributed by atoms with van der Waals surface area (Å²) in [5.41, 5.74) is 2.21. The quantitative estimate of drug-likeness (QED) is 0.826. The summed E-state index contributed by atoms with van der Waals surface area (Å²) in [4.78, 5) is 11.8. The molecule has 0 saturated carbocycles. The molecule has 2 heteroatoms. The molecule has 0 unspecified atom stereocenters. The number of ketones is 1. The first kappa shape index (κ1) is 13.3. The van der Waals surface area contributed by atoms with Crippen molar-refractivity contribution in [3.8, 4) is 0 Å². The third-order valence-electron chi connectivity index (χ3n) is 3.75. The topological polar surface area (TPSA) is 29.1 Å². The standard InChI is InChI=1S/C16H23NO/c1-12(2)16(18)15-5-3-13(4-6-15)11-14-7-9-17-10-8-14/h3-6,12,14,17H,7-11H2,1-2H3. The molecular weight excluding hydrogens is 222 g/mol. The van der Waals surface area contributed by atoms with Crippen LogP contribution in [0.2, 0.25) is 0 Å². The molecule has 1 N–H and O–H groups in total. The molecule has 2 rings (SSSR count). The van der Waals surface area contributed by atoms with E-state index >= 15 is 0 Å². The van der Waals surface area contributed by atoms with Crippen LogP contribution in [0.3, 0.4) is 0 Å². The van der Waals surface area contributed by atoms with E-state index in [0.29, 0.717) is 0 Å². The Morgan fingerprint density at radius 2 is 1.83 bits per heavy atom. The van der Waals surface area contributed by atoms with Crippen molar-refractivity contribution in [3.05, 3.63) is 35.4 Å². The lowest BCUT2D eigenvalue weighted by molar-refractivity contribution is 0.0939. The monoisotopic (exact) mass is 245 g/mol. The predicted octanol–water partition coefficient (Wildman–Crippen LogP) is 3.07. The Balaban J connectivity index is 1.96. The first-order valence-corrected chi connectivity index (χ1v) is 7.00. The lowest BCUT2D eigenvalue weighted by Gasteiger charge is -2.22. The second-order valence-electron chi connectivity index (χ2n) is 5.61. The maximum absolute atomic E-state index is 11.8. The van der Waals surface area contributed by atoms with Crippen LogP contribution in [0.15, 0.2) is 24.3 Å². The highest BCUT2D eigenvalue weighted by molar-refractivity contribution is 5.97. The molecule has 2 nitrogen and oxygen atoms in total. The molecule has 0 radical (unpaired) electrons. The number of rotatable bonds is 4. The molecule has 1 saturated heterocycles. The highest BCUT2D eigenvalue weighted by Crippen LogP contribution is 2.19. The van der Waals surface area contributed by atoms with Crippen LogP contribution in [0.4, 0.5) is 0 Å². The van der Waals surface area contributed by atoms with Crippen molar-refractivity contribution in [1.82, 2.24) is 5.32 Å². The SMILES string of the molecule is CC(C)C(=O)c1ccc(CC2CCNCC2)cc1. The summed E-state index contributed by atoms with van der Waals surface area (Å²) < 4.78 is 0. The van der Waals surface area contributed by atoms with E-state index < -0.39 is 0 Å². The summed E-state index contributed by atoms with van der Waals surface area (Å²) in [5, 5.41) is 3.39. The lowest BCUT2D eigenvalue weighted by atomic mass is 9.90. The molecule has 18 heavy (non-hydrogen) atoms. The van der Waals surface area contributed by atoms with Crippen LogP contribution in [0.1, 0.15) is 42.6 Å². The molecule has 0 spiro atoms. The minimum atomic E-state index is 0.0836. The Morgan fingerprint density at radius 1 is 1.22 bits per heavy atom. The van der Waals surface area contributed by atoms with Gasteiger partial charge in [0.15, 0.2) is 5.78 Å². The summed E-state index contributed by atoms with van der Waals surface area (Å²) >= 11 is 0. The molecule has 0 aliphatic carbocycles. The van der Waals surface area contributed by atoms with Crippen molar-refractivity contribution in [1.29, 1.82) is 0 Å². The number of hydrogen-bond acceptors (Lipinski definition) is 2. The number of Topliss-reactive ketones (excluding diaryl/α,β-unsaturated/α-hetero) is 1. The van der Waals surface area contributed by atoms with Crippen LogP contribution >= 0.6 is 0 Å². The maximum Gasteiger partial charge on any atom is 0.165 e. The number of piperidine rings is 1. The van der Waals surface area contributed by atoms with Gasteiger partial charge in [0.1, 0.15) is 0 Å². The summed E-state index contributed by atoms with van der Waals surface area (Å²) in [5.74, 6) is 1.13. The van der Waals surface area contributed by atoms with Crippen LogP contribution in [-0.4, -0.2) is 18.9 Å². The van der Waals surface area contributed by atoms with Crippen molar-refractivity contribution >= 4 is 5.78 Å². The number of nitrogens with one attached hydrogen (secondary N) is 1. The van der Waals surface area contributed by atoms with Crippen LogP contribution in [-0.2, 0) is 6.42 Å². The van der Waals surface area contributed by atoms with Crippen molar-refractivity contribution in [2.24, 2.45) is 11.8 Å². The Bertz CT molecular complexity index is 388. The van der Waals surface area contributed by atoms with E-state index in [9.17, 15) is 4.79 Å². The Hall–Kier alpha value is -1.15. The van der Waals surface area contributed by atoms with Gasteiger partial charge in [-0.05, 0) is 43.8 Å². The lowest BCUT2D eigenvalue weighted by Crippen LogP contribution is -2.28. The van der Waals surface area contributed by atoms with Crippen molar-refractivity contribution in [2.45, 2.75) is 33.1 Å². The smallest absolute Gasteiger partial charge is 0.165 e. The zero-order valence-electron chi connectivity index (χ0n) is 11.4. The van der Waals surface area contributed by atoms with Gasteiger partial charge in [0.2, 0.25) is 0 Å². The summed E-state index contributed by atoms with van der Waals surface area (Å²) in [6.45, 7) is 6.19. The van der Waals surface area contributed by atoms with Gasteiger partial charge in [0.05, 0.1) is 0 Å². The second-order valence-corrected chi connectivity index (χ2v) is 5.61. The Morgan fingerprint density at radius 3 is 2.39 bits per heavy atom. The summed E-state index contributed by atoms with van der Waals surface area (Å²) in [6, 6.07) is 8.22. The van der Waals surface area contributed by atoms with Gasteiger partial charge in [-0.2, -0.15) is 0 Å². The van der Waals surface area contributed by atoms with E-state index in [1.54, 1.807) is 0 Å². The molecule has 1 aliphatic rings. The fourth-order valence-electron chi connectivity index (χ4n) is 2.56. The minimum Gasteiger partial charge on any atom is -0.317 e. The normalized spacial score (nSPS) is 17.1. The highest BCUT2D eigenvalue weighted by atomic mass is 16.1. The van der Waals surface area contributed by atoms with E-state index in [4.69, 9.17) is 0 Å². The third kappa shape index (κ3) is 3.42. The largest absolute Gasteiger partial charge is 0.317 e. The van der Waals surface area contributed by atoms with Gasteiger partial charge in [-0.25, -0.2) is 0 Å². The van der Waals surface area contributed by atoms with Gasteiger partial charge in [-0.1, -0.05) is 38.1 Å². The Kier molecular flexibility index (Phi) is 4.54.